The third-order valence-corrected chi connectivity index (χ3v) is 5.23. The number of methoxy groups -OCH3 is 1. The van der Waals surface area contributed by atoms with Crippen LogP contribution in [0.25, 0.3) is 0 Å². The van der Waals surface area contributed by atoms with Gasteiger partial charge in [0.2, 0.25) is 5.91 Å². The molecule has 0 aliphatic heterocycles. The molecule has 0 aliphatic carbocycles. The van der Waals surface area contributed by atoms with E-state index in [-0.39, 0.29) is 24.1 Å². The maximum Gasteiger partial charge on any atom is 0.252 e. The topological polar surface area (TPSA) is 67.4 Å². The Morgan fingerprint density at radius 3 is 2.63 bits per heavy atom. The molecule has 2 rings (SSSR count). The molecule has 0 heterocycles. The van der Waals surface area contributed by atoms with Crippen molar-refractivity contribution in [1.29, 1.82) is 0 Å². The summed E-state index contributed by atoms with van der Waals surface area (Å²) in [6.45, 7) is 1.20. The number of carbonyl (C=O) groups excluding carboxylic acids is 2. The molecule has 2 aromatic carbocycles. The van der Waals surface area contributed by atoms with Gasteiger partial charge in [-0.3, -0.25) is 9.59 Å². The second kappa shape index (κ2) is 11.2. The Bertz CT molecular complexity index is 802. The van der Waals surface area contributed by atoms with Gasteiger partial charge in [0.05, 0.1) is 17.9 Å². The molecule has 144 valence electrons. The first kappa shape index (κ1) is 21.6. The van der Waals surface area contributed by atoms with Gasteiger partial charge in [-0.05, 0) is 29.8 Å². The Labute approximate surface area is 172 Å². The van der Waals surface area contributed by atoms with Gasteiger partial charge in [-0.1, -0.05) is 41.4 Å². The van der Waals surface area contributed by atoms with Gasteiger partial charge in [0, 0.05) is 35.1 Å². The molecule has 0 saturated carbocycles. The van der Waals surface area contributed by atoms with E-state index in [1.807, 2.05) is 12.1 Å². The second-order valence-corrected chi connectivity index (χ2v) is 7.41. The highest BCUT2D eigenvalue weighted by molar-refractivity contribution is 8.00. The number of benzene rings is 2. The van der Waals surface area contributed by atoms with Gasteiger partial charge in [0.15, 0.2) is 0 Å². The van der Waals surface area contributed by atoms with Crippen LogP contribution in [0.2, 0.25) is 10.0 Å². The van der Waals surface area contributed by atoms with Crippen LogP contribution < -0.4 is 10.6 Å². The van der Waals surface area contributed by atoms with Crippen molar-refractivity contribution in [1.82, 2.24) is 10.6 Å². The molecule has 2 aromatic rings. The largest absolute Gasteiger partial charge is 0.383 e. The lowest BCUT2D eigenvalue weighted by molar-refractivity contribution is -0.118. The van der Waals surface area contributed by atoms with Crippen LogP contribution in [0, 0.1) is 0 Å². The summed E-state index contributed by atoms with van der Waals surface area (Å²) in [6.07, 6.45) is 0. The van der Waals surface area contributed by atoms with Crippen LogP contribution >= 0.6 is 35.0 Å². The first-order valence-corrected chi connectivity index (χ1v) is 9.95. The van der Waals surface area contributed by atoms with E-state index in [9.17, 15) is 9.59 Å². The van der Waals surface area contributed by atoms with Gasteiger partial charge in [0.25, 0.3) is 5.91 Å². The van der Waals surface area contributed by atoms with E-state index in [4.69, 9.17) is 27.9 Å². The van der Waals surface area contributed by atoms with Crippen molar-refractivity contribution in [2.75, 3.05) is 26.0 Å². The number of thioether (sulfide) groups is 1. The predicted molar refractivity (Wildman–Crippen MR) is 110 cm³/mol. The molecule has 0 fully saturated rings. The Morgan fingerprint density at radius 2 is 1.89 bits per heavy atom. The summed E-state index contributed by atoms with van der Waals surface area (Å²) in [6, 6.07) is 12.3. The Kier molecular flexibility index (Phi) is 8.94. The lowest BCUT2D eigenvalue weighted by Gasteiger charge is -2.11. The van der Waals surface area contributed by atoms with Crippen LogP contribution in [0.1, 0.15) is 15.9 Å². The summed E-state index contributed by atoms with van der Waals surface area (Å²) in [5, 5.41) is 6.64. The molecule has 0 bridgehead atoms. The number of halogens is 2. The highest BCUT2D eigenvalue weighted by Gasteiger charge is 2.13. The Morgan fingerprint density at radius 1 is 1.11 bits per heavy atom. The third kappa shape index (κ3) is 7.07. The molecular formula is C19H20Cl2N2O3S. The van der Waals surface area contributed by atoms with E-state index < -0.39 is 0 Å². The zero-order valence-electron chi connectivity index (χ0n) is 14.8. The highest BCUT2D eigenvalue weighted by Crippen LogP contribution is 2.23. The second-order valence-electron chi connectivity index (χ2n) is 5.55. The zero-order chi connectivity index (χ0) is 19.6. The molecule has 0 spiro atoms. The van der Waals surface area contributed by atoms with Crippen LogP contribution in [-0.4, -0.2) is 37.8 Å². The van der Waals surface area contributed by atoms with Crippen molar-refractivity contribution in [3.05, 3.63) is 63.6 Å². The number of ether oxygens (including phenoxy) is 1. The molecule has 0 aliphatic rings. The van der Waals surface area contributed by atoms with Gasteiger partial charge in [-0.2, -0.15) is 0 Å². The van der Waals surface area contributed by atoms with Crippen molar-refractivity contribution < 1.29 is 14.3 Å². The molecule has 0 aromatic heterocycles. The minimum absolute atomic E-state index is 0.111. The fraction of sp³-hybridized carbons (Fsp3) is 0.263. The van der Waals surface area contributed by atoms with E-state index in [1.165, 1.54) is 11.8 Å². The smallest absolute Gasteiger partial charge is 0.252 e. The fourth-order valence-corrected chi connectivity index (χ4v) is 3.56. The standard InChI is InChI=1S/C19H20Cl2N2O3S/c1-26-9-8-22-18(24)12-27-17-5-3-2-4-15(17)19(25)23-11-13-6-7-14(20)10-16(13)21/h2-7,10H,8-9,11-12H2,1H3,(H,22,24)(H,23,25). The monoisotopic (exact) mass is 426 g/mol. The highest BCUT2D eigenvalue weighted by atomic mass is 35.5. The fourth-order valence-electron chi connectivity index (χ4n) is 2.20. The van der Waals surface area contributed by atoms with Crippen LogP contribution in [0.4, 0.5) is 0 Å². The SMILES string of the molecule is COCCNC(=O)CSc1ccccc1C(=O)NCc1ccc(Cl)cc1Cl. The van der Waals surface area contributed by atoms with E-state index in [0.717, 1.165) is 10.5 Å². The van der Waals surface area contributed by atoms with Crippen LogP contribution in [-0.2, 0) is 16.1 Å². The average Bonchev–Trinajstić information content (AvgIpc) is 2.66. The van der Waals surface area contributed by atoms with Gasteiger partial charge < -0.3 is 15.4 Å². The summed E-state index contributed by atoms with van der Waals surface area (Å²) in [5.74, 6) is -0.124. The van der Waals surface area contributed by atoms with Crippen molar-refractivity contribution in [2.45, 2.75) is 11.4 Å². The molecular weight excluding hydrogens is 407 g/mol. The molecule has 0 radical (unpaired) electrons. The van der Waals surface area contributed by atoms with Crippen LogP contribution in [0.5, 0.6) is 0 Å². The van der Waals surface area contributed by atoms with Crippen LogP contribution in [0.3, 0.4) is 0 Å². The number of carbonyl (C=O) groups is 2. The molecule has 2 N–H and O–H groups in total. The van der Waals surface area contributed by atoms with Crippen molar-refractivity contribution >= 4 is 46.8 Å². The molecule has 2 amide bonds. The van der Waals surface area contributed by atoms with Gasteiger partial charge in [0.1, 0.15) is 0 Å². The number of hydrogen-bond donors (Lipinski definition) is 2. The third-order valence-electron chi connectivity index (χ3n) is 3.57. The minimum atomic E-state index is -0.232. The van der Waals surface area contributed by atoms with E-state index in [0.29, 0.717) is 28.8 Å². The molecule has 0 saturated heterocycles. The minimum Gasteiger partial charge on any atom is -0.383 e. The maximum atomic E-state index is 12.6. The van der Waals surface area contributed by atoms with E-state index in [2.05, 4.69) is 10.6 Å². The lowest BCUT2D eigenvalue weighted by Crippen LogP contribution is -2.28. The molecule has 5 nitrogen and oxygen atoms in total. The molecule has 27 heavy (non-hydrogen) atoms. The molecule has 0 unspecified atom stereocenters. The quantitative estimate of drug-likeness (QED) is 0.472. The van der Waals surface area contributed by atoms with E-state index >= 15 is 0 Å². The summed E-state index contributed by atoms with van der Waals surface area (Å²) in [4.78, 5) is 25.1. The maximum absolute atomic E-state index is 12.6. The lowest BCUT2D eigenvalue weighted by atomic mass is 10.2. The van der Waals surface area contributed by atoms with Crippen molar-refractivity contribution in [2.24, 2.45) is 0 Å². The Hall–Kier alpha value is -1.73. The molecule has 0 atom stereocenters. The zero-order valence-corrected chi connectivity index (χ0v) is 17.1. The normalized spacial score (nSPS) is 10.5. The van der Waals surface area contributed by atoms with Crippen LogP contribution in [0.15, 0.2) is 47.4 Å². The Balaban J connectivity index is 1.95. The van der Waals surface area contributed by atoms with Gasteiger partial charge in [-0.25, -0.2) is 0 Å². The number of amides is 2. The number of hydrogen-bond acceptors (Lipinski definition) is 4. The summed E-state index contributed by atoms with van der Waals surface area (Å²) >= 11 is 13.3. The van der Waals surface area contributed by atoms with Gasteiger partial charge >= 0.3 is 0 Å². The first-order chi connectivity index (χ1) is 13.0. The number of nitrogens with one attached hydrogen (secondary N) is 2. The van der Waals surface area contributed by atoms with Crippen molar-refractivity contribution in [3.8, 4) is 0 Å². The predicted octanol–water partition coefficient (Wildman–Crippen LogP) is 3.78. The molecule has 8 heteroatoms. The van der Waals surface area contributed by atoms with Crippen molar-refractivity contribution in [3.63, 3.8) is 0 Å². The average molecular weight is 427 g/mol. The van der Waals surface area contributed by atoms with E-state index in [1.54, 1.807) is 37.4 Å². The summed E-state index contributed by atoms with van der Waals surface area (Å²) < 4.78 is 4.89. The first-order valence-electron chi connectivity index (χ1n) is 8.21. The summed E-state index contributed by atoms with van der Waals surface area (Å²) in [5.41, 5.74) is 1.29. The van der Waals surface area contributed by atoms with Gasteiger partial charge in [-0.15, -0.1) is 11.8 Å². The number of rotatable bonds is 9. The summed E-state index contributed by atoms with van der Waals surface area (Å²) in [7, 11) is 1.58.